The third-order valence-electron chi connectivity index (χ3n) is 5.36. The number of hydrogen-bond acceptors (Lipinski definition) is 3. The minimum absolute atomic E-state index is 0.0675. The van der Waals surface area contributed by atoms with E-state index in [1.54, 1.807) is 7.11 Å². The fraction of sp³-hybridized carbons (Fsp3) is 0.524. The standard InChI is InChI=1S/C21H28F2N2O2/c1-15-6-4-10-25-17(7-11-27-3)12-18(19(15)25)16(2)24-14-20(26)8-5-9-21(22,23)13-20/h4,6,10,12,24,26H,2,5,7-9,11,13-14H2,1,3H3. The lowest BCUT2D eigenvalue weighted by molar-refractivity contribution is -0.121. The molecule has 0 spiro atoms. The lowest BCUT2D eigenvalue weighted by Crippen LogP contribution is -2.47. The third-order valence-corrected chi connectivity index (χ3v) is 5.36. The molecule has 2 aromatic rings. The van der Waals surface area contributed by atoms with Crippen LogP contribution in [0.3, 0.4) is 0 Å². The van der Waals surface area contributed by atoms with Gasteiger partial charge in [0.2, 0.25) is 0 Å². The second-order valence-corrected chi connectivity index (χ2v) is 7.64. The summed E-state index contributed by atoms with van der Waals surface area (Å²) >= 11 is 0. The monoisotopic (exact) mass is 378 g/mol. The van der Waals surface area contributed by atoms with Crippen LogP contribution in [0.2, 0.25) is 0 Å². The number of aryl methyl sites for hydroxylation is 1. The predicted octanol–water partition coefficient (Wildman–Crippen LogP) is 3.94. The Hall–Kier alpha value is -1.92. The maximum atomic E-state index is 13.7. The van der Waals surface area contributed by atoms with Gasteiger partial charge in [0.15, 0.2) is 0 Å². The quantitative estimate of drug-likeness (QED) is 0.767. The summed E-state index contributed by atoms with van der Waals surface area (Å²) in [6.45, 7) is 6.81. The molecular weight excluding hydrogens is 350 g/mol. The molecule has 148 valence electrons. The molecule has 0 aliphatic heterocycles. The smallest absolute Gasteiger partial charge is 0.251 e. The van der Waals surface area contributed by atoms with Crippen molar-refractivity contribution in [2.75, 3.05) is 20.3 Å². The summed E-state index contributed by atoms with van der Waals surface area (Å²) in [6.07, 6.45) is 2.80. The summed E-state index contributed by atoms with van der Waals surface area (Å²) < 4.78 is 34.7. The van der Waals surface area contributed by atoms with Gasteiger partial charge in [-0.1, -0.05) is 12.6 Å². The van der Waals surface area contributed by atoms with Crippen molar-refractivity contribution < 1.29 is 18.6 Å². The molecule has 4 nitrogen and oxygen atoms in total. The number of nitrogens with one attached hydrogen (secondary N) is 1. The average Bonchev–Trinajstić information content (AvgIpc) is 2.97. The Kier molecular flexibility index (Phi) is 5.58. The van der Waals surface area contributed by atoms with Crippen LogP contribution in [-0.2, 0) is 11.2 Å². The Morgan fingerprint density at radius 1 is 1.41 bits per heavy atom. The van der Waals surface area contributed by atoms with Crippen molar-refractivity contribution >= 4 is 11.2 Å². The summed E-state index contributed by atoms with van der Waals surface area (Å²) in [4.78, 5) is 0. The van der Waals surface area contributed by atoms with Crippen LogP contribution in [0.1, 0.15) is 42.5 Å². The minimum Gasteiger partial charge on any atom is -0.388 e. The Morgan fingerprint density at radius 2 is 2.19 bits per heavy atom. The van der Waals surface area contributed by atoms with Crippen molar-refractivity contribution in [3.63, 3.8) is 0 Å². The number of fused-ring (bicyclic) bond motifs is 1. The first kappa shape index (κ1) is 19.8. The molecule has 0 bridgehead atoms. The molecule has 2 aromatic heterocycles. The van der Waals surface area contributed by atoms with E-state index in [0.29, 0.717) is 25.1 Å². The molecule has 1 atom stereocenters. The van der Waals surface area contributed by atoms with E-state index < -0.39 is 17.9 Å². The number of hydrogen-bond donors (Lipinski definition) is 2. The van der Waals surface area contributed by atoms with Gasteiger partial charge < -0.3 is 19.6 Å². The van der Waals surface area contributed by atoms with Crippen LogP contribution in [0.25, 0.3) is 11.2 Å². The fourth-order valence-corrected chi connectivity index (χ4v) is 3.98. The molecule has 2 N–H and O–H groups in total. The van der Waals surface area contributed by atoms with E-state index in [1.165, 1.54) is 0 Å². The van der Waals surface area contributed by atoms with Gasteiger partial charge in [-0.05, 0) is 37.5 Å². The van der Waals surface area contributed by atoms with Crippen molar-refractivity contribution in [1.29, 1.82) is 0 Å². The summed E-state index contributed by atoms with van der Waals surface area (Å²) in [5.41, 5.74) is 3.37. The summed E-state index contributed by atoms with van der Waals surface area (Å²) in [6, 6.07) is 6.07. The fourth-order valence-electron chi connectivity index (χ4n) is 3.98. The number of nitrogens with zero attached hydrogens (tertiary/aromatic N) is 1. The second kappa shape index (κ2) is 7.60. The molecule has 2 heterocycles. The number of pyridine rings is 1. The van der Waals surface area contributed by atoms with Gasteiger partial charge in [-0.2, -0.15) is 0 Å². The molecule has 0 saturated heterocycles. The van der Waals surface area contributed by atoms with Gasteiger partial charge in [0.05, 0.1) is 17.7 Å². The van der Waals surface area contributed by atoms with Crippen molar-refractivity contribution in [2.24, 2.45) is 0 Å². The van der Waals surface area contributed by atoms with E-state index in [0.717, 1.165) is 28.8 Å². The van der Waals surface area contributed by atoms with Crippen LogP contribution in [0.4, 0.5) is 8.78 Å². The molecule has 1 saturated carbocycles. The highest BCUT2D eigenvalue weighted by Gasteiger charge is 2.44. The van der Waals surface area contributed by atoms with E-state index >= 15 is 0 Å². The van der Waals surface area contributed by atoms with Crippen molar-refractivity contribution in [3.8, 4) is 0 Å². The van der Waals surface area contributed by atoms with Crippen LogP contribution in [0.15, 0.2) is 31.0 Å². The Morgan fingerprint density at radius 3 is 2.89 bits per heavy atom. The number of alkyl halides is 2. The lowest BCUT2D eigenvalue weighted by Gasteiger charge is -2.37. The Labute approximate surface area is 158 Å². The third kappa shape index (κ3) is 4.33. The molecule has 3 rings (SSSR count). The van der Waals surface area contributed by atoms with Gasteiger partial charge in [-0.25, -0.2) is 8.78 Å². The van der Waals surface area contributed by atoms with Crippen molar-refractivity contribution in [2.45, 2.75) is 50.6 Å². The zero-order valence-electron chi connectivity index (χ0n) is 16.0. The molecule has 1 aliphatic rings. The first-order valence-electron chi connectivity index (χ1n) is 9.37. The van der Waals surface area contributed by atoms with Crippen LogP contribution >= 0.6 is 0 Å². The highest BCUT2D eigenvalue weighted by Crippen LogP contribution is 2.39. The molecule has 0 radical (unpaired) electrons. The minimum atomic E-state index is -2.80. The summed E-state index contributed by atoms with van der Waals surface area (Å²) in [5.74, 6) is -2.80. The topological polar surface area (TPSA) is 45.9 Å². The van der Waals surface area contributed by atoms with Gasteiger partial charge in [0.25, 0.3) is 5.92 Å². The van der Waals surface area contributed by atoms with Gasteiger partial charge in [-0.15, -0.1) is 0 Å². The molecular formula is C21H28F2N2O2. The lowest BCUT2D eigenvalue weighted by atomic mass is 9.82. The van der Waals surface area contributed by atoms with Crippen LogP contribution in [0, 0.1) is 6.92 Å². The molecule has 27 heavy (non-hydrogen) atoms. The van der Waals surface area contributed by atoms with Crippen LogP contribution in [-0.4, -0.2) is 41.3 Å². The van der Waals surface area contributed by atoms with Crippen LogP contribution in [0.5, 0.6) is 0 Å². The summed E-state index contributed by atoms with van der Waals surface area (Å²) in [5, 5.41) is 13.7. The maximum absolute atomic E-state index is 13.7. The Balaban J connectivity index is 1.81. The first-order valence-corrected chi connectivity index (χ1v) is 9.37. The zero-order chi connectivity index (χ0) is 19.7. The first-order chi connectivity index (χ1) is 12.7. The van der Waals surface area contributed by atoms with E-state index in [9.17, 15) is 13.9 Å². The van der Waals surface area contributed by atoms with Crippen LogP contribution < -0.4 is 5.32 Å². The molecule has 1 fully saturated rings. The maximum Gasteiger partial charge on any atom is 0.251 e. The normalized spacial score (nSPS) is 22.1. The van der Waals surface area contributed by atoms with Gasteiger partial charge in [-0.3, -0.25) is 0 Å². The summed E-state index contributed by atoms with van der Waals surface area (Å²) in [7, 11) is 1.67. The number of rotatable bonds is 7. The highest BCUT2D eigenvalue weighted by atomic mass is 19.3. The number of aromatic nitrogens is 1. The SMILES string of the molecule is C=C(NCC1(O)CCCC(F)(F)C1)c1cc(CCOC)n2cccc(C)c12. The van der Waals surface area contributed by atoms with E-state index in [-0.39, 0.29) is 13.0 Å². The molecule has 1 unspecified atom stereocenters. The van der Waals surface area contributed by atoms with Crippen molar-refractivity contribution in [1.82, 2.24) is 9.72 Å². The van der Waals surface area contributed by atoms with Gasteiger partial charge in [0.1, 0.15) is 0 Å². The van der Waals surface area contributed by atoms with E-state index in [2.05, 4.69) is 22.4 Å². The number of methoxy groups -OCH3 is 1. The average molecular weight is 378 g/mol. The second-order valence-electron chi connectivity index (χ2n) is 7.64. The molecule has 6 heteroatoms. The zero-order valence-corrected chi connectivity index (χ0v) is 16.0. The molecule has 0 aromatic carbocycles. The number of ether oxygens (including phenoxy) is 1. The van der Waals surface area contributed by atoms with Gasteiger partial charge >= 0.3 is 0 Å². The molecule has 1 aliphatic carbocycles. The largest absolute Gasteiger partial charge is 0.388 e. The predicted molar refractivity (Wildman–Crippen MR) is 103 cm³/mol. The highest BCUT2D eigenvalue weighted by molar-refractivity contribution is 5.80. The van der Waals surface area contributed by atoms with Crippen molar-refractivity contribution in [3.05, 3.63) is 47.8 Å². The number of aliphatic hydroxyl groups is 1. The van der Waals surface area contributed by atoms with Gasteiger partial charge in [0, 0.05) is 56.1 Å². The Bertz CT molecular complexity index is 831. The molecule has 0 amide bonds. The van der Waals surface area contributed by atoms with E-state index in [4.69, 9.17) is 4.74 Å². The van der Waals surface area contributed by atoms with E-state index in [1.807, 2.05) is 25.3 Å². The number of halogens is 2.